The minimum atomic E-state index is -4.76. The minimum absolute atomic E-state index is 0.223. The van der Waals surface area contributed by atoms with Crippen molar-refractivity contribution in [3.8, 4) is 5.75 Å². The number of hydrogen-bond donors (Lipinski definition) is 1. The maximum Gasteiger partial charge on any atom is 0.573 e. The second-order valence-corrected chi connectivity index (χ2v) is 6.00. The number of hydrogen-bond acceptors (Lipinski definition) is 4. The first kappa shape index (κ1) is 17.2. The lowest BCUT2D eigenvalue weighted by molar-refractivity contribution is -0.274. The molecule has 0 spiro atoms. The first-order valence-electron chi connectivity index (χ1n) is 7.91. The van der Waals surface area contributed by atoms with Crippen LogP contribution in [0, 0.1) is 0 Å². The van der Waals surface area contributed by atoms with Crippen LogP contribution >= 0.6 is 0 Å². The van der Waals surface area contributed by atoms with Crippen LogP contribution in [0.2, 0.25) is 0 Å². The molecule has 3 aromatic rings. The van der Waals surface area contributed by atoms with Crippen molar-refractivity contribution in [1.82, 2.24) is 9.55 Å². The molecule has 1 atom stereocenters. The first-order chi connectivity index (χ1) is 12.8. The van der Waals surface area contributed by atoms with Crippen LogP contribution < -0.4 is 15.9 Å². The predicted octanol–water partition coefficient (Wildman–Crippen LogP) is 2.04. The molecule has 2 aromatic carbocycles. The van der Waals surface area contributed by atoms with Crippen molar-refractivity contribution in [3.05, 3.63) is 77.9 Å². The van der Waals surface area contributed by atoms with Crippen LogP contribution in [0.25, 0.3) is 0 Å². The molecule has 2 heterocycles. The summed E-state index contributed by atoms with van der Waals surface area (Å²) in [4.78, 5) is 8.99. The second kappa shape index (κ2) is 5.90. The Hall–Kier alpha value is -3.23. The van der Waals surface area contributed by atoms with Crippen LogP contribution in [0.4, 0.5) is 13.2 Å². The number of benzene rings is 2. The molecule has 2 radical (unpaired) electrons. The van der Waals surface area contributed by atoms with Crippen LogP contribution in [-0.2, 0) is 5.54 Å². The van der Waals surface area contributed by atoms with E-state index in [-0.39, 0.29) is 11.7 Å². The summed E-state index contributed by atoms with van der Waals surface area (Å²) in [7, 11) is 5.93. The zero-order chi connectivity index (χ0) is 19.2. The molecule has 9 heteroatoms. The van der Waals surface area contributed by atoms with E-state index in [4.69, 9.17) is 13.6 Å². The van der Waals surface area contributed by atoms with Gasteiger partial charge in [0.15, 0.2) is 11.4 Å². The molecule has 1 aliphatic rings. The van der Waals surface area contributed by atoms with E-state index in [1.54, 1.807) is 35.2 Å². The molecule has 27 heavy (non-hydrogen) atoms. The highest BCUT2D eigenvalue weighted by Gasteiger charge is 2.45. The smallest absolute Gasteiger partial charge is 0.406 e. The maximum absolute atomic E-state index is 12.4. The fourth-order valence-corrected chi connectivity index (χ4v) is 3.25. The largest absolute Gasteiger partial charge is 0.573 e. The Balaban J connectivity index is 1.89. The van der Waals surface area contributed by atoms with E-state index in [1.807, 2.05) is 6.07 Å². The fraction of sp³-hybridized carbons (Fsp3) is 0.111. The Labute approximate surface area is 153 Å². The van der Waals surface area contributed by atoms with Gasteiger partial charge in [-0.15, -0.1) is 13.2 Å². The third kappa shape index (κ3) is 2.85. The number of imidazole rings is 1. The third-order valence-electron chi connectivity index (χ3n) is 4.30. The second-order valence-electron chi connectivity index (χ2n) is 6.00. The Kier molecular flexibility index (Phi) is 3.76. The maximum atomic E-state index is 12.4. The van der Waals surface area contributed by atoms with Gasteiger partial charge in [-0.3, -0.25) is 4.57 Å². The predicted molar refractivity (Wildman–Crippen MR) is 94.1 cm³/mol. The number of aromatic nitrogens is 2. The number of alkyl halides is 3. The number of nitrogens with zero attached hydrogens (tertiary/aromatic N) is 3. The molecular weight excluding hydrogens is 356 g/mol. The van der Waals surface area contributed by atoms with Crippen LogP contribution in [0.3, 0.4) is 0 Å². The van der Waals surface area contributed by atoms with Gasteiger partial charge < -0.3 is 10.5 Å². The van der Waals surface area contributed by atoms with Crippen LogP contribution in [0.1, 0.15) is 17.0 Å². The van der Waals surface area contributed by atoms with E-state index in [9.17, 15) is 13.2 Å². The number of aliphatic imine (C=N–C) groups is 1. The van der Waals surface area contributed by atoms with E-state index >= 15 is 0 Å². The van der Waals surface area contributed by atoms with Crippen LogP contribution in [0.5, 0.6) is 5.75 Å². The summed E-state index contributed by atoms with van der Waals surface area (Å²) in [6.45, 7) is 0. The molecule has 4 rings (SSSR count). The van der Waals surface area contributed by atoms with Crippen LogP contribution in [-0.4, -0.2) is 29.7 Å². The lowest BCUT2D eigenvalue weighted by Crippen LogP contribution is -2.28. The standard InChI is InChI=1S/C18H12BF3N4O/c19-13-3-1-2-12(10-13)17(15-24-8-9-26(15)16(23)25-17)11-4-6-14(7-5-11)27-18(20,21)22/h1-10H,(H2,23,25). The van der Waals surface area contributed by atoms with E-state index in [2.05, 4.69) is 14.7 Å². The van der Waals surface area contributed by atoms with Gasteiger partial charge in [-0.05, 0) is 23.3 Å². The van der Waals surface area contributed by atoms with Gasteiger partial charge in [-0.1, -0.05) is 41.9 Å². The van der Waals surface area contributed by atoms with E-state index in [0.717, 1.165) is 0 Å². The van der Waals surface area contributed by atoms with Crippen molar-refractivity contribution >= 4 is 19.3 Å². The van der Waals surface area contributed by atoms with Crippen molar-refractivity contribution in [2.45, 2.75) is 11.9 Å². The summed E-state index contributed by atoms with van der Waals surface area (Å²) < 4.78 is 42.9. The Morgan fingerprint density at radius 3 is 2.48 bits per heavy atom. The highest BCUT2D eigenvalue weighted by molar-refractivity contribution is 6.32. The van der Waals surface area contributed by atoms with Crippen molar-refractivity contribution in [2.75, 3.05) is 0 Å². The molecule has 5 nitrogen and oxygen atoms in total. The molecule has 1 unspecified atom stereocenters. The molecule has 0 fully saturated rings. The first-order valence-corrected chi connectivity index (χ1v) is 7.91. The molecular formula is C18H12BF3N4O. The highest BCUT2D eigenvalue weighted by atomic mass is 19.4. The monoisotopic (exact) mass is 368 g/mol. The van der Waals surface area contributed by atoms with E-state index in [0.29, 0.717) is 22.4 Å². The molecule has 134 valence electrons. The highest BCUT2D eigenvalue weighted by Crippen LogP contribution is 2.43. The van der Waals surface area contributed by atoms with Crippen LogP contribution in [0.15, 0.2) is 65.9 Å². The molecule has 0 saturated carbocycles. The summed E-state index contributed by atoms with van der Waals surface area (Å²) in [5.41, 5.74) is 6.73. The summed E-state index contributed by atoms with van der Waals surface area (Å²) >= 11 is 0. The Morgan fingerprint density at radius 2 is 1.81 bits per heavy atom. The van der Waals surface area contributed by atoms with Gasteiger partial charge in [0.05, 0.1) is 0 Å². The van der Waals surface area contributed by atoms with Gasteiger partial charge >= 0.3 is 6.36 Å². The SMILES string of the molecule is [B]c1cccc(C2(c3ccc(OC(F)(F)F)cc3)N=C(N)n3ccnc32)c1. The van der Waals surface area contributed by atoms with Gasteiger partial charge in [0, 0.05) is 12.4 Å². The quantitative estimate of drug-likeness (QED) is 0.720. The number of ether oxygens (including phenoxy) is 1. The minimum Gasteiger partial charge on any atom is -0.406 e. The van der Waals surface area contributed by atoms with Gasteiger partial charge in [0.25, 0.3) is 0 Å². The molecule has 0 aliphatic carbocycles. The van der Waals surface area contributed by atoms with Gasteiger partial charge in [0.2, 0.25) is 5.96 Å². The summed E-state index contributed by atoms with van der Waals surface area (Å²) in [5.74, 6) is 0.419. The molecule has 0 bridgehead atoms. The molecule has 1 aromatic heterocycles. The lowest BCUT2D eigenvalue weighted by Gasteiger charge is -2.27. The van der Waals surface area contributed by atoms with Crippen molar-refractivity contribution in [2.24, 2.45) is 10.7 Å². The van der Waals surface area contributed by atoms with Crippen molar-refractivity contribution in [3.63, 3.8) is 0 Å². The number of halogens is 3. The topological polar surface area (TPSA) is 65.4 Å². The number of fused-ring (bicyclic) bond motifs is 1. The molecule has 1 aliphatic heterocycles. The average molecular weight is 368 g/mol. The Morgan fingerprint density at radius 1 is 1.07 bits per heavy atom. The van der Waals surface area contributed by atoms with Gasteiger partial charge in [0.1, 0.15) is 13.6 Å². The zero-order valence-electron chi connectivity index (χ0n) is 13.8. The van der Waals surface area contributed by atoms with Crippen molar-refractivity contribution < 1.29 is 17.9 Å². The average Bonchev–Trinajstić information content (AvgIpc) is 3.18. The summed E-state index contributed by atoms with van der Waals surface area (Å²) in [6, 6.07) is 12.5. The molecule has 2 N–H and O–H groups in total. The molecule has 0 saturated heterocycles. The Bertz CT molecular complexity index is 1030. The third-order valence-corrected chi connectivity index (χ3v) is 4.30. The van der Waals surface area contributed by atoms with Gasteiger partial charge in [-0.2, -0.15) is 0 Å². The molecule has 0 amide bonds. The zero-order valence-corrected chi connectivity index (χ0v) is 13.8. The van der Waals surface area contributed by atoms with E-state index in [1.165, 1.54) is 24.3 Å². The number of nitrogens with two attached hydrogens (primary N) is 1. The van der Waals surface area contributed by atoms with Crippen molar-refractivity contribution in [1.29, 1.82) is 0 Å². The fourth-order valence-electron chi connectivity index (χ4n) is 3.25. The van der Waals surface area contributed by atoms with Gasteiger partial charge in [-0.25, -0.2) is 9.98 Å². The lowest BCUT2D eigenvalue weighted by atomic mass is 9.80. The number of rotatable bonds is 3. The normalized spacial score (nSPS) is 18.9. The summed E-state index contributed by atoms with van der Waals surface area (Å²) in [5, 5.41) is 0. The van der Waals surface area contributed by atoms with E-state index < -0.39 is 11.9 Å². The summed E-state index contributed by atoms with van der Waals surface area (Å²) in [6.07, 6.45) is -1.51.